The molecule has 134 valence electrons. The second-order valence-corrected chi connectivity index (χ2v) is 6.37. The fourth-order valence-electron chi connectivity index (χ4n) is 2.67. The number of ether oxygens (including phenoxy) is 1. The molecule has 0 aliphatic heterocycles. The standard InChI is InChI=1S/C21H28N2O2/c1-4-25-20-8-6-5-7-19(20)13-14-21(24)22-15-17-9-11-18(12-10-17)16-23(2)3/h5-12H,4,13-16H2,1-3H3,(H,22,24). The number of amides is 1. The maximum Gasteiger partial charge on any atom is 0.220 e. The van der Waals surface area contributed by atoms with Crippen molar-refractivity contribution in [2.24, 2.45) is 0 Å². The third-order valence-corrected chi connectivity index (χ3v) is 3.91. The van der Waals surface area contributed by atoms with Crippen LogP contribution in [0.15, 0.2) is 48.5 Å². The van der Waals surface area contributed by atoms with Gasteiger partial charge in [0.05, 0.1) is 6.61 Å². The van der Waals surface area contributed by atoms with E-state index in [1.165, 1.54) is 5.56 Å². The maximum atomic E-state index is 12.1. The van der Waals surface area contributed by atoms with Crippen LogP contribution in [0.4, 0.5) is 0 Å². The molecule has 25 heavy (non-hydrogen) atoms. The fourth-order valence-corrected chi connectivity index (χ4v) is 2.67. The van der Waals surface area contributed by atoms with E-state index in [4.69, 9.17) is 4.74 Å². The number of benzene rings is 2. The van der Waals surface area contributed by atoms with Crippen LogP contribution in [0.5, 0.6) is 5.75 Å². The van der Waals surface area contributed by atoms with Gasteiger partial charge in [-0.15, -0.1) is 0 Å². The Morgan fingerprint density at radius 3 is 2.40 bits per heavy atom. The number of para-hydroxylation sites is 1. The van der Waals surface area contributed by atoms with Gasteiger partial charge in [0.25, 0.3) is 0 Å². The Hall–Kier alpha value is -2.33. The van der Waals surface area contributed by atoms with Crippen LogP contribution in [0, 0.1) is 0 Å². The molecule has 1 amide bonds. The molecule has 0 atom stereocenters. The summed E-state index contributed by atoms with van der Waals surface area (Å²) in [5, 5.41) is 2.99. The lowest BCUT2D eigenvalue weighted by molar-refractivity contribution is -0.121. The van der Waals surface area contributed by atoms with E-state index in [1.807, 2.05) is 31.2 Å². The van der Waals surface area contributed by atoms with Gasteiger partial charge in [-0.1, -0.05) is 42.5 Å². The van der Waals surface area contributed by atoms with Gasteiger partial charge in [0.15, 0.2) is 0 Å². The Balaban J connectivity index is 1.79. The lowest BCUT2D eigenvalue weighted by atomic mass is 10.1. The Kier molecular flexibility index (Phi) is 7.48. The van der Waals surface area contributed by atoms with Crippen molar-refractivity contribution in [3.63, 3.8) is 0 Å². The van der Waals surface area contributed by atoms with Crippen LogP contribution in [0.1, 0.15) is 30.0 Å². The molecule has 4 nitrogen and oxygen atoms in total. The second kappa shape index (κ2) is 9.84. The molecule has 0 aromatic heterocycles. The Labute approximate surface area is 150 Å². The van der Waals surface area contributed by atoms with Crippen LogP contribution >= 0.6 is 0 Å². The van der Waals surface area contributed by atoms with Gasteiger partial charge < -0.3 is 15.0 Å². The van der Waals surface area contributed by atoms with Crippen LogP contribution < -0.4 is 10.1 Å². The number of nitrogens with zero attached hydrogens (tertiary/aromatic N) is 1. The van der Waals surface area contributed by atoms with Gasteiger partial charge in [-0.3, -0.25) is 4.79 Å². The largest absolute Gasteiger partial charge is 0.494 e. The summed E-state index contributed by atoms with van der Waals surface area (Å²) in [4.78, 5) is 14.2. The molecule has 2 aromatic carbocycles. The minimum Gasteiger partial charge on any atom is -0.494 e. The van der Waals surface area contributed by atoms with Crippen LogP contribution in [0.25, 0.3) is 0 Å². The molecular formula is C21H28N2O2. The van der Waals surface area contributed by atoms with E-state index in [2.05, 4.69) is 48.6 Å². The topological polar surface area (TPSA) is 41.6 Å². The zero-order valence-corrected chi connectivity index (χ0v) is 15.4. The third-order valence-electron chi connectivity index (χ3n) is 3.91. The molecule has 1 N–H and O–H groups in total. The normalized spacial score (nSPS) is 10.7. The summed E-state index contributed by atoms with van der Waals surface area (Å²) < 4.78 is 5.60. The molecule has 4 heteroatoms. The highest BCUT2D eigenvalue weighted by molar-refractivity contribution is 5.76. The summed E-state index contributed by atoms with van der Waals surface area (Å²) in [6.07, 6.45) is 1.15. The third kappa shape index (κ3) is 6.59. The molecule has 0 radical (unpaired) electrons. The molecule has 0 aliphatic rings. The molecule has 2 aromatic rings. The van der Waals surface area contributed by atoms with E-state index in [0.29, 0.717) is 26.0 Å². The first-order valence-corrected chi connectivity index (χ1v) is 8.78. The molecule has 0 bridgehead atoms. The van der Waals surface area contributed by atoms with Crippen LogP contribution in [-0.2, 0) is 24.3 Å². The first kappa shape index (κ1) is 19.0. The average molecular weight is 340 g/mol. The first-order chi connectivity index (χ1) is 12.1. The van der Waals surface area contributed by atoms with E-state index in [1.54, 1.807) is 0 Å². The Morgan fingerprint density at radius 2 is 1.72 bits per heavy atom. The quantitative estimate of drug-likeness (QED) is 0.761. The van der Waals surface area contributed by atoms with Crippen molar-refractivity contribution in [1.29, 1.82) is 0 Å². The molecular weight excluding hydrogens is 312 g/mol. The number of rotatable bonds is 9. The highest BCUT2D eigenvalue weighted by Gasteiger charge is 2.07. The molecule has 0 heterocycles. The van der Waals surface area contributed by atoms with Crippen molar-refractivity contribution in [2.45, 2.75) is 32.9 Å². The van der Waals surface area contributed by atoms with Gasteiger partial charge in [0.2, 0.25) is 5.91 Å². The monoisotopic (exact) mass is 340 g/mol. The van der Waals surface area contributed by atoms with E-state index >= 15 is 0 Å². The first-order valence-electron chi connectivity index (χ1n) is 8.78. The lowest BCUT2D eigenvalue weighted by Gasteiger charge is -2.11. The molecule has 0 unspecified atom stereocenters. The predicted octanol–water partition coefficient (Wildman–Crippen LogP) is 3.40. The number of hydrogen-bond acceptors (Lipinski definition) is 3. The zero-order chi connectivity index (χ0) is 18.1. The van der Waals surface area contributed by atoms with Crippen molar-refractivity contribution in [3.05, 3.63) is 65.2 Å². The number of hydrogen-bond donors (Lipinski definition) is 1. The lowest BCUT2D eigenvalue weighted by Crippen LogP contribution is -2.23. The average Bonchev–Trinajstić information content (AvgIpc) is 2.60. The van der Waals surface area contributed by atoms with Gasteiger partial charge in [0, 0.05) is 19.5 Å². The second-order valence-electron chi connectivity index (χ2n) is 6.37. The van der Waals surface area contributed by atoms with E-state index in [-0.39, 0.29) is 5.91 Å². The maximum absolute atomic E-state index is 12.1. The number of carbonyl (C=O) groups excluding carboxylic acids is 1. The Bertz CT molecular complexity index is 666. The van der Waals surface area contributed by atoms with Crippen molar-refractivity contribution in [2.75, 3.05) is 20.7 Å². The summed E-state index contributed by atoms with van der Waals surface area (Å²) in [5.74, 6) is 0.929. The summed E-state index contributed by atoms with van der Waals surface area (Å²) >= 11 is 0. The summed E-state index contributed by atoms with van der Waals surface area (Å²) in [6, 6.07) is 16.3. The number of nitrogens with one attached hydrogen (secondary N) is 1. The van der Waals surface area contributed by atoms with Gasteiger partial charge in [-0.05, 0) is 50.2 Å². The van der Waals surface area contributed by atoms with Gasteiger partial charge in [0.1, 0.15) is 5.75 Å². The van der Waals surface area contributed by atoms with Crippen molar-refractivity contribution < 1.29 is 9.53 Å². The molecule has 2 rings (SSSR count). The van der Waals surface area contributed by atoms with Crippen LogP contribution in [0.3, 0.4) is 0 Å². The van der Waals surface area contributed by atoms with Crippen molar-refractivity contribution >= 4 is 5.91 Å². The molecule has 0 saturated carbocycles. The SMILES string of the molecule is CCOc1ccccc1CCC(=O)NCc1ccc(CN(C)C)cc1. The van der Waals surface area contributed by atoms with Crippen molar-refractivity contribution in [1.82, 2.24) is 10.2 Å². The highest BCUT2D eigenvalue weighted by atomic mass is 16.5. The Morgan fingerprint density at radius 1 is 1.04 bits per heavy atom. The predicted molar refractivity (Wildman–Crippen MR) is 102 cm³/mol. The van der Waals surface area contributed by atoms with Crippen LogP contribution in [0.2, 0.25) is 0 Å². The molecule has 0 spiro atoms. The van der Waals surface area contributed by atoms with Crippen molar-refractivity contribution in [3.8, 4) is 5.75 Å². The summed E-state index contributed by atoms with van der Waals surface area (Å²) in [6.45, 7) is 4.08. The summed E-state index contributed by atoms with van der Waals surface area (Å²) in [7, 11) is 4.11. The molecule has 0 aliphatic carbocycles. The minimum atomic E-state index is 0.0590. The fraction of sp³-hybridized carbons (Fsp3) is 0.381. The van der Waals surface area contributed by atoms with E-state index in [9.17, 15) is 4.79 Å². The minimum absolute atomic E-state index is 0.0590. The van der Waals surface area contributed by atoms with E-state index in [0.717, 1.165) is 23.4 Å². The van der Waals surface area contributed by atoms with Gasteiger partial charge >= 0.3 is 0 Å². The van der Waals surface area contributed by atoms with Crippen LogP contribution in [-0.4, -0.2) is 31.5 Å². The van der Waals surface area contributed by atoms with Gasteiger partial charge in [-0.2, -0.15) is 0 Å². The number of aryl methyl sites for hydroxylation is 1. The highest BCUT2D eigenvalue weighted by Crippen LogP contribution is 2.19. The van der Waals surface area contributed by atoms with Gasteiger partial charge in [-0.25, -0.2) is 0 Å². The smallest absolute Gasteiger partial charge is 0.220 e. The molecule has 0 fully saturated rings. The summed E-state index contributed by atoms with van der Waals surface area (Å²) in [5.41, 5.74) is 3.46. The number of carbonyl (C=O) groups is 1. The zero-order valence-electron chi connectivity index (χ0n) is 15.4. The molecule has 0 saturated heterocycles. The van der Waals surface area contributed by atoms with E-state index < -0.39 is 0 Å².